The van der Waals surface area contributed by atoms with Crippen LogP contribution in [0.2, 0.25) is 0 Å². The third-order valence-electron chi connectivity index (χ3n) is 3.69. The molecule has 0 radical (unpaired) electrons. The minimum Gasteiger partial charge on any atom is -0.458 e. The van der Waals surface area contributed by atoms with E-state index in [2.05, 4.69) is 4.90 Å². The van der Waals surface area contributed by atoms with Gasteiger partial charge >= 0.3 is 0 Å². The van der Waals surface area contributed by atoms with Crippen molar-refractivity contribution in [2.24, 2.45) is 0 Å². The van der Waals surface area contributed by atoms with E-state index in [-0.39, 0.29) is 0 Å². The molecule has 1 aromatic carbocycles. The van der Waals surface area contributed by atoms with E-state index in [0.717, 1.165) is 23.9 Å². The molecule has 18 heavy (non-hydrogen) atoms. The van der Waals surface area contributed by atoms with Crippen molar-refractivity contribution < 1.29 is 9.52 Å². The highest BCUT2D eigenvalue weighted by atomic mass is 16.4. The number of fused-ring (bicyclic) bond motifs is 1. The van der Waals surface area contributed by atoms with E-state index in [1.807, 2.05) is 30.3 Å². The Bertz CT molecular complexity index is 481. The molecule has 3 nitrogen and oxygen atoms in total. The molecule has 1 aliphatic rings. The van der Waals surface area contributed by atoms with Crippen molar-refractivity contribution in [2.45, 2.75) is 25.4 Å². The zero-order valence-corrected chi connectivity index (χ0v) is 10.5. The van der Waals surface area contributed by atoms with Crippen molar-refractivity contribution in [3.05, 3.63) is 36.1 Å². The van der Waals surface area contributed by atoms with Gasteiger partial charge in [0, 0.05) is 11.9 Å². The molecule has 2 heterocycles. The summed E-state index contributed by atoms with van der Waals surface area (Å²) < 4.78 is 5.68. The van der Waals surface area contributed by atoms with Crippen LogP contribution in [0.15, 0.2) is 34.7 Å². The second-order valence-electron chi connectivity index (χ2n) is 5.04. The Morgan fingerprint density at radius 1 is 1.22 bits per heavy atom. The van der Waals surface area contributed by atoms with Crippen LogP contribution in [-0.4, -0.2) is 29.6 Å². The minimum atomic E-state index is -0.488. The Labute approximate surface area is 107 Å². The Kier molecular flexibility index (Phi) is 3.35. The van der Waals surface area contributed by atoms with Gasteiger partial charge in [0.15, 0.2) is 0 Å². The third kappa shape index (κ3) is 2.42. The normalized spacial score (nSPS) is 18.5. The zero-order valence-electron chi connectivity index (χ0n) is 10.5. The third-order valence-corrected chi connectivity index (χ3v) is 3.69. The highest BCUT2D eigenvalue weighted by Gasteiger charge is 2.17. The smallest absolute Gasteiger partial charge is 0.134 e. The molecule has 0 amide bonds. The van der Waals surface area contributed by atoms with E-state index in [1.165, 1.54) is 25.9 Å². The Morgan fingerprint density at radius 3 is 2.78 bits per heavy atom. The number of furan rings is 1. The first-order valence-corrected chi connectivity index (χ1v) is 6.72. The lowest BCUT2D eigenvalue weighted by Crippen LogP contribution is -2.21. The summed E-state index contributed by atoms with van der Waals surface area (Å²) in [5.41, 5.74) is 0.854. The van der Waals surface area contributed by atoms with Crippen LogP contribution in [0.3, 0.4) is 0 Å². The maximum absolute atomic E-state index is 10.2. The monoisotopic (exact) mass is 245 g/mol. The summed E-state index contributed by atoms with van der Waals surface area (Å²) in [6.07, 6.45) is 2.85. The number of aliphatic hydroxyl groups is 1. The highest BCUT2D eigenvalue weighted by Crippen LogP contribution is 2.25. The van der Waals surface area contributed by atoms with Gasteiger partial charge in [-0.2, -0.15) is 0 Å². The van der Waals surface area contributed by atoms with Crippen molar-refractivity contribution >= 4 is 11.0 Å². The minimum absolute atomic E-state index is 0.488. The van der Waals surface area contributed by atoms with Crippen molar-refractivity contribution in [3.63, 3.8) is 0 Å². The predicted molar refractivity (Wildman–Crippen MR) is 71.5 cm³/mol. The van der Waals surface area contributed by atoms with E-state index in [9.17, 15) is 5.11 Å². The van der Waals surface area contributed by atoms with E-state index in [4.69, 9.17) is 4.42 Å². The summed E-state index contributed by atoms with van der Waals surface area (Å²) >= 11 is 0. The molecule has 1 saturated heterocycles. The van der Waals surface area contributed by atoms with E-state index >= 15 is 0 Å². The quantitative estimate of drug-likeness (QED) is 0.899. The van der Waals surface area contributed by atoms with E-state index in [1.54, 1.807) is 0 Å². The van der Waals surface area contributed by atoms with Crippen molar-refractivity contribution in [1.29, 1.82) is 0 Å². The van der Waals surface area contributed by atoms with Crippen LogP contribution in [0.1, 0.15) is 31.1 Å². The molecule has 0 bridgehead atoms. The maximum atomic E-state index is 10.2. The molecule has 1 aromatic heterocycles. The standard InChI is InChI=1S/C15H19NO2/c17-13(7-10-16-8-3-4-9-16)15-11-12-5-1-2-6-14(12)18-15/h1-2,5-6,11,13,17H,3-4,7-10H2. The van der Waals surface area contributed by atoms with Gasteiger partial charge < -0.3 is 14.4 Å². The van der Waals surface area contributed by atoms with Crippen LogP contribution in [0, 0.1) is 0 Å². The first kappa shape index (κ1) is 11.8. The molecule has 1 unspecified atom stereocenters. The highest BCUT2D eigenvalue weighted by molar-refractivity contribution is 5.77. The molecule has 1 aliphatic heterocycles. The van der Waals surface area contributed by atoms with Crippen LogP contribution in [0.25, 0.3) is 11.0 Å². The predicted octanol–water partition coefficient (Wildman–Crippen LogP) is 2.95. The number of likely N-dealkylation sites (tertiary alicyclic amines) is 1. The van der Waals surface area contributed by atoms with Gasteiger partial charge in [-0.3, -0.25) is 0 Å². The molecule has 2 aromatic rings. The Morgan fingerprint density at radius 2 is 2.00 bits per heavy atom. The van der Waals surface area contributed by atoms with Gasteiger partial charge in [-0.05, 0) is 44.5 Å². The average Bonchev–Trinajstić information content (AvgIpc) is 3.04. The fraction of sp³-hybridized carbons (Fsp3) is 0.467. The molecule has 1 fully saturated rings. The Hall–Kier alpha value is -1.32. The largest absolute Gasteiger partial charge is 0.458 e. The SMILES string of the molecule is OC(CCN1CCCC1)c1cc2ccccc2o1. The van der Waals surface area contributed by atoms with Crippen LogP contribution >= 0.6 is 0 Å². The fourth-order valence-corrected chi connectivity index (χ4v) is 2.62. The topological polar surface area (TPSA) is 36.6 Å². The van der Waals surface area contributed by atoms with Gasteiger partial charge in [0.1, 0.15) is 17.4 Å². The molecule has 0 saturated carbocycles. The molecule has 1 atom stereocenters. The molecule has 3 rings (SSSR count). The number of hydrogen-bond acceptors (Lipinski definition) is 3. The second kappa shape index (κ2) is 5.12. The summed E-state index contributed by atoms with van der Waals surface area (Å²) in [5, 5.41) is 11.2. The molecular weight excluding hydrogens is 226 g/mol. The number of nitrogens with zero attached hydrogens (tertiary/aromatic N) is 1. The first-order valence-electron chi connectivity index (χ1n) is 6.72. The summed E-state index contributed by atoms with van der Waals surface area (Å²) in [6.45, 7) is 3.30. The molecule has 0 spiro atoms. The lowest BCUT2D eigenvalue weighted by Gasteiger charge is -2.16. The molecule has 3 heteroatoms. The van der Waals surface area contributed by atoms with Crippen LogP contribution in [0.5, 0.6) is 0 Å². The van der Waals surface area contributed by atoms with Gasteiger partial charge in [-0.15, -0.1) is 0 Å². The van der Waals surface area contributed by atoms with E-state index in [0.29, 0.717) is 5.76 Å². The summed E-state index contributed by atoms with van der Waals surface area (Å²) in [7, 11) is 0. The lowest BCUT2D eigenvalue weighted by molar-refractivity contribution is 0.127. The number of aliphatic hydroxyl groups excluding tert-OH is 1. The van der Waals surface area contributed by atoms with Crippen molar-refractivity contribution in [3.8, 4) is 0 Å². The van der Waals surface area contributed by atoms with Crippen LogP contribution in [0.4, 0.5) is 0 Å². The maximum Gasteiger partial charge on any atom is 0.134 e. The second-order valence-corrected chi connectivity index (χ2v) is 5.04. The fourth-order valence-electron chi connectivity index (χ4n) is 2.62. The Balaban J connectivity index is 1.65. The van der Waals surface area contributed by atoms with Gasteiger partial charge in [-0.25, -0.2) is 0 Å². The van der Waals surface area contributed by atoms with E-state index < -0.39 is 6.10 Å². The first-order chi connectivity index (χ1) is 8.83. The van der Waals surface area contributed by atoms with Crippen LogP contribution in [-0.2, 0) is 0 Å². The summed E-state index contributed by atoms with van der Waals surface area (Å²) in [4.78, 5) is 2.41. The molecular formula is C15H19NO2. The molecule has 96 valence electrons. The number of para-hydroxylation sites is 1. The van der Waals surface area contributed by atoms with Crippen LogP contribution < -0.4 is 0 Å². The zero-order chi connectivity index (χ0) is 12.4. The van der Waals surface area contributed by atoms with Gasteiger partial charge in [0.2, 0.25) is 0 Å². The van der Waals surface area contributed by atoms with Gasteiger partial charge in [0.25, 0.3) is 0 Å². The number of rotatable bonds is 4. The van der Waals surface area contributed by atoms with Gasteiger partial charge in [-0.1, -0.05) is 18.2 Å². The summed E-state index contributed by atoms with van der Waals surface area (Å²) in [6, 6.07) is 9.83. The number of benzene rings is 1. The van der Waals surface area contributed by atoms with Gasteiger partial charge in [0.05, 0.1) is 0 Å². The number of hydrogen-bond donors (Lipinski definition) is 1. The van der Waals surface area contributed by atoms with Crippen molar-refractivity contribution in [2.75, 3.05) is 19.6 Å². The lowest BCUT2D eigenvalue weighted by atomic mass is 10.2. The molecule has 1 N–H and O–H groups in total. The average molecular weight is 245 g/mol. The summed E-state index contributed by atoms with van der Waals surface area (Å²) in [5.74, 6) is 0.690. The molecule has 0 aliphatic carbocycles. The van der Waals surface area contributed by atoms with Crippen molar-refractivity contribution in [1.82, 2.24) is 4.90 Å².